The number of hydrogen-bond acceptors (Lipinski definition) is 1. The van der Waals surface area contributed by atoms with E-state index in [1.165, 1.54) is 16.3 Å². The fraction of sp³-hybridized carbons (Fsp3) is 0.111. The van der Waals surface area contributed by atoms with Crippen molar-refractivity contribution in [2.24, 2.45) is 0 Å². The number of halogens is 2. The van der Waals surface area contributed by atoms with E-state index in [-0.39, 0.29) is 6.04 Å². The SMILES string of the molecule is CC(Nc1cccc2ccccc12)c1ccc(Br)cc1Br. The van der Waals surface area contributed by atoms with Crippen LogP contribution >= 0.6 is 31.9 Å². The number of fused-ring (bicyclic) bond motifs is 1. The lowest BCUT2D eigenvalue weighted by Gasteiger charge is -2.19. The molecule has 0 bridgehead atoms. The summed E-state index contributed by atoms with van der Waals surface area (Å²) in [7, 11) is 0. The Balaban J connectivity index is 1.94. The van der Waals surface area contributed by atoms with E-state index in [0.29, 0.717) is 0 Å². The lowest BCUT2D eigenvalue weighted by atomic mass is 10.1. The van der Waals surface area contributed by atoms with Crippen molar-refractivity contribution in [1.29, 1.82) is 0 Å². The molecule has 0 amide bonds. The van der Waals surface area contributed by atoms with E-state index in [4.69, 9.17) is 0 Å². The van der Waals surface area contributed by atoms with Crippen LogP contribution in [0.1, 0.15) is 18.5 Å². The quantitative estimate of drug-likeness (QED) is 0.522. The fourth-order valence-electron chi connectivity index (χ4n) is 2.51. The first kappa shape index (κ1) is 14.6. The normalized spacial score (nSPS) is 12.3. The van der Waals surface area contributed by atoms with Crippen LogP contribution in [0.5, 0.6) is 0 Å². The molecule has 0 aliphatic heterocycles. The molecular weight excluding hydrogens is 390 g/mol. The molecule has 0 radical (unpaired) electrons. The minimum Gasteiger partial charge on any atom is -0.378 e. The predicted molar refractivity (Wildman–Crippen MR) is 97.8 cm³/mol. The van der Waals surface area contributed by atoms with Gasteiger partial charge in [0.25, 0.3) is 0 Å². The topological polar surface area (TPSA) is 12.0 Å². The lowest BCUT2D eigenvalue weighted by Crippen LogP contribution is -2.07. The molecule has 106 valence electrons. The Hall–Kier alpha value is -1.32. The molecule has 0 saturated carbocycles. The summed E-state index contributed by atoms with van der Waals surface area (Å²) in [5, 5.41) is 6.12. The van der Waals surface area contributed by atoms with Gasteiger partial charge in [-0.15, -0.1) is 0 Å². The maximum atomic E-state index is 3.64. The van der Waals surface area contributed by atoms with E-state index >= 15 is 0 Å². The largest absolute Gasteiger partial charge is 0.378 e. The Labute approximate surface area is 141 Å². The molecule has 0 fully saturated rings. The van der Waals surface area contributed by atoms with Gasteiger partial charge in [-0.2, -0.15) is 0 Å². The van der Waals surface area contributed by atoms with E-state index < -0.39 is 0 Å². The monoisotopic (exact) mass is 403 g/mol. The van der Waals surface area contributed by atoms with Crippen LogP contribution < -0.4 is 5.32 Å². The van der Waals surface area contributed by atoms with E-state index in [9.17, 15) is 0 Å². The Morgan fingerprint density at radius 2 is 1.67 bits per heavy atom. The van der Waals surface area contributed by atoms with Gasteiger partial charge in [0.1, 0.15) is 0 Å². The van der Waals surface area contributed by atoms with Crippen LogP contribution in [0.2, 0.25) is 0 Å². The Morgan fingerprint density at radius 1 is 0.905 bits per heavy atom. The first-order chi connectivity index (χ1) is 10.1. The molecule has 0 aromatic heterocycles. The summed E-state index contributed by atoms with van der Waals surface area (Å²) in [5.41, 5.74) is 2.40. The second-order valence-corrected chi connectivity index (χ2v) is 6.83. The summed E-state index contributed by atoms with van der Waals surface area (Å²) >= 11 is 7.14. The summed E-state index contributed by atoms with van der Waals surface area (Å²) in [4.78, 5) is 0. The highest BCUT2D eigenvalue weighted by Gasteiger charge is 2.10. The van der Waals surface area contributed by atoms with Crippen molar-refractivity contribution in [1.82, 2.24) is 0 Å². The van der Waals surface area contributed by atoms with Crippen LogP contribution in [0.4, 0.5) is 5.69 Å². The third-order valence-electron chi connectivity index (χ3n) is 3.59. The Morgan fingerprint density at radius 3 is 2.48 bits per heavy atom. The number of anilines is 1. The van der Waals surface area contributed by atoms with Crippen molar-refractivity contribution >= 4 is 48.3 Å². The van der Waals surface area contributed by atoms with Gasteiger partial charge in [-0.05, 0) is 36.1 Å². The average Bonchev–Trinajstić information content (AvgIpc) is 2.47. The zero-order chi connectivity index (χ0) is 14.8. The second-order valence-electron chi connectivity index (χ2n) is 5.06. The van der Waals surface area contributed by atoms with Crippen LogP contribution in [-0.4, -0.2) is 0 Å². The molecule has 3 heteroatoms. The predicted octanol–water partition coefficient (Wildman–Crippen LogP) is 6.54. The summed E-state index contributed by atoms with van der Waals surface area (Å²) in [6, 6.07) is 21.3. The van der Waals surface area contributed by atoms with Gasteiger partial charge >= 0.3 is 0 Å². The van der Waals surface area contributed by atoms with Crippen molar-refractivity contribution in [3.05, 3.63) is 75.2 Å². The van der Waals surface area contributed by atoms with Crippen molar-refractivity contribution in [3.8, 4) is 0 Å². The Bertz CT molecular complexity index is 778. The summed E-state index contributed by atoms with van der Waals surface area (Å²) in [5.74, 6) is 0. The van der Waals surface area contributed by atoms with Crippen molar-refractivity contribution in [2.75, 3.05) is 5.32 Å². The molecule has 0 heterocycles. The van der Waals surface area contributed by atoms with Gasteiger partial charge in [0.2, 0.25) is 0 Å². The molecule has 3 aromatic carbocycles. The minimum atomic E-state index is 0.221. The average molecular weight is 405 g/mol. The number of hydrogen-bond donors (Lipinski definition) is 1. The highest BCUT2D eigenvalue weighted by Crippen LogP contribution is 2.31. The van der Waals surface area contributed by atoms with Gasteiger partial charge < -0.3 is 5.32 Å². The van der Waals surface area contributed by atoms with E-state index in [1.807, 2.05) is 0 Å². The van der Waals surface area contributed by atoms with Crippen molar-refractivity contribution in [2.45, 2.75) is 13.0 Å². The van der Waals surface area contributed by atoms with Crippen LogP contribution in [0, 0.1) is 0 Å². The van der Waals surface area contributed by atoms with Gasteiger partial charge in [-0.1, -0.05) is 74.3 Å². The third kappa shape index (κ3) is 3.14. The van der Waals surface area contributed by atoms with Gasteiger partial charge in [0, 0.05) is 26.1 Å². The van der Waals surface area contributed by atoms with Gasteiger partial charge in [0.15, 0.2) is 0 Å². The molecule has 0 saturated heterocycles. The van der Waals surface area contributed by atoms with E-state index in [2.05, 4.69) is 105 Å². The number of rotatable bonds is 3. The molecule has 0 aliphatic carbocycles. The highest BCUT2D eigenvalue weighted by atomic mass is 79.9. The maximum absolute atomic E-state index is 3.64. The number of benzene rings is 3. The maximum Gasteiger partial charge on any atom is 0.0497 e. The number of nitrogens with one attached hydrogen (secondary N) is 1. The highest BCUT2D eigenvalue weighted by molar-refractivity contribution is 9.11. The minimum absolute atomic E-state index is 0.221. The zero-order valence-electron chi connectivity index (χ0n) is 11.6. The first-order valence-electron chi connectivity index (χ1n) is 6.84. The first-order valence-corrected chi connectivity index (χ1v) is 8.43. The molecule has 1 nitrogen and oxygen atoms in total. The molecule has 1 unspecified atom stereocenters. The zero-order valence-corrected chi connectivity index (χ0v) is 14.8. The second kappa shape index (κ2) is 6.20. The molecular formula is C18H15Br2N. The summed E-state index contributed by atoms with van der Waals surface area (Å²) in [6.45, 7) is 2.18. The molecule has 0 aliphatic rings. The standard InChI is InChI=1S/C18H15Br2N/c1-12(15-10-9-14(19)11-17(15)20)21-18-8-4-6-13-5-2-3-7-16(13)18/h2-12,21H,1H3. The van der Waals surface area contributed by atoms with Crippen LogP contribution in [0.3, 0.4) is 0 Å². The molecule has 3 rings (SSSR count). The Kier molecular flexibility index (Phi) is 4.32. The van der Waals surface area contributed by atoms with Gasteiger partial charge in [-0.3, -0.25) is 0 Å². The summed E-state index contributed by atoms with van der Waals surface area (Å²) < 4.78 is 2.19. The van der Waals surface area contributed by atoms with Crippen LogP contribution in [0.15, 0.2) is 69.6 Å². The van der Waals surface area contributed by atoms with Gasteiger partial charge in [-0.25, -0.2) is 0 Å². The fourth-order valence-corrected chi connectivity index (χ4v) is 3.91. The molecule has 21 heavy (non-hydrogen) atoms. The van der Waals surface area contributed by atoms with Crippen molar-refractivity contribution in [3.63, 3.8) is 0 Å². The van der Waals surface area contributed by atoms with Gasteiger partial charge in [0.05, 0.1) is 0 Å². The third-order valence-corrected chi connectivity index (χ3v) is 4.77. The molecule has 1 atom stereocenters. The lowest BCUT2D eigenvalue weighted by molar-refractivity contribution is 0.880. The van der Waals surface area contributed by atoms with Crippen LogP contribution in [-0.2, 0) is 0 Å². The molecule has 3 aromatic rings. The van der Waals surface area contributed by atoms with Crippen molar-refractivity contribution < 1.29 is 0 Å². The van der Waals surface area contributed by atoms with E-state index in [0.717, 1.165) is 14.6 Å². The smallest absolute Gasteiger partial charge is 0.0497 e. The van der Waals surface area contributed by atoms with E-state index in [1.54, 1.807) is 0 Å². The van der Waals surface area contributed by atoms with Crippen LogP contribution in [0.25, 0.3) is 10.8 Å². The molecule has 1 N–H and O–H groups in total. The summed E-state index contributed by atoms with van der Waals surface area (Å²) in [6.07, 6.45) is 0. The molecule has 0 spiro atoms.